The van der Waals surface area contributed by atoms with Crippen molar-refractivity contribution in [1.29, 1.82) is 0 Å². The number of carbonyl (C=O) groups excluding carboxylic acids is 1. The van der Waals surface area contributed by atoms with E-state index in [1.165, 1.54) is 0 Å². The highest BCUT2D eigenvalue weighted by molar-refractivity contribution is 5.74. The number of carbonyl (C=O) groups is 1. The third-order valence-corrected chi connectivity index (χ3v) is 5.64. The number of hydrogen-bond acceptors (Lipinski definition) is 11. The monoisotopic (exact) mass is 506 g/mol. The molecule has 192 valence electrons. The van der Waals surface area contributed by atoms with E-state index in [2.05, 4.69) is 0 Å². The molecule has 0 bridgehead atoms. The summed E-state index contributed by atoms with van der Waals surface area (Å²) in [6.07, 6.45) is -0.858. The SMILES string of the molecule is CCC(C)c1cc([N+](=O)[O-])cc([N+](=O)[O-])c1OC(=O)Oc1c(C(C)CC)cc([N+](=O)[O-])cc1[N+](=O)[O-]. The number of rotatable bonds is 10. The first-order valence-electron chi connectivity index (χ1n) is 10.6. The average molecular weight is 506 g/mol. The van der Waals surface area contributed by atoms with Gasteiger partial charge in [0.15, 0.2) is 0 Å². The summed E-state index contributed by atoms with van der Waals surface area (Å²) < 4.78 is 10.2. The van der Waals surface area contributed by atoms with Gasteiger partial charge in [-0.2, -0.15) is 0 Å². The Labute approximate surface area is 203 Å². The van der Waals surface area contributed by atoms with Crippen LogP contribution in [0.4, 0.5) is 27.5 Å². The van der Waals surface area contributed by atoms with E-state index in [0.717, 1.165) is 12.1 Å². The summed E-state index contributed by atoms with van der Waals surface area (Å²) >= 11 is 0. The number of non-ortho nitro benzene ring substituents is 2. The molecule has 15 heteroatoms. The van der Waals surface area contributed by atoms with Gasteiger partial charge in [-0.1, -0.05) is 27.7 Å². The normalized spacial score (nSPS) is 12.3. The summed E-state index contributed by atoms with van der Waals surface area (Å²) in [6, 6.07) is 3.30. The lowest BCUT2D eigenvalue weighted by molar-refractivity contribution is -0.394. The Balaban J connectivity index is 2.65. The lowest BCUT2D eigenvalue weighted by atomic mass is 9.96. The van der Waals surface area contributed by atoms with Gasteiger partial charge < -0.3 is 9.47 Å². The molecule has 0 heterocycles. The van der Waals surface area contributed by atoms with Crippen LogP contribution in [0.1, 0.15) is 63.5 Å². The van der Waals surface area contributed by atoms with Gasteiger partial charge in [0.1, 0.15) is 0 Å². The number of benzene rings is 2. The molecule has 0 fully saturated rings. The highest BCUT2D eigenvalue weighted by Crippen LogP contribution is 2.43. The molecule has 2 rings (SSSR count). The Hall–Kier alpha value is -4.69. The number of ether oxygens (including phenoxy) is 2. The van der Waals surface area contributed by atoms with Gasteiger partial charge in [-0.3, -0.25) is 40.5 Å². The molecule has 0 saturated heterocycles. The fraction of sp³-hybridized carbons (Fsp3) is 0.381. The van der Waals surface area contributed by atoms with E-state index in [1.54, 1.807) is 27.7 Å². The quantitative estimate of drug-likeness (QED) is 0.160. The topological polar surface area (TPSA) is 208 Å². The van der Waals surface area contributed by atoms with Crippen LogP contribution in [0.3, 0.4) is 0 Å². The number of nitro groups is 4. The zero-order valence-electron chi connectivity index (χ0n) is 19.7. The lowest BCUT2D eigenvalue weighted by Crippen LogP contribution is -2.18. The van der Waals surface area contributed by atoms with E-state index < -0.39 is 71.9 Å². The van der Waals surface area contributed by atoms with Crippen molar-refractivity contribution in [2.75, 3.05) is 0 Å². The smallest absolute Gasteiger partial charge is 0.387 e. The lowest BCUT2D eigenvalue weighted by Gasteiger charge is -2.17. The van der Waals surface area contributed by atoms with Gasteiger partial charge in [0.05, 0.1) is 31.8 Å². The maximum atomic E-state index is 12.7. The van der Waals surface area contributed by atoms with E-state index in [-0.39, 0.29) is 11.1 Å². The maximum absolute atomic E-state index is 12.7. The zero-order valence-corrected chi connectivity index (χ0v) is 19.7. The summed E-state index contributed by atoms with van der Waals surface area (Å²) in [5.74, 6) is -2.26. The minimum absolute atomic E-state index is 0.0179. The second kappa shape index (κ2) is 11.2. The fourth-order valence-electron chi connectivity index (χ4n) is 3.30. The van der Waals surface area contributed by atoms with Gasteiger partial charge in [-0.25, -0.2) is 4.79 Å². The molecule has 0 aliphatic rings. The van der Waals surface area contributed by atoms with Crippen LogP contribution < -0.4 is 9.47 Å². The van der Waals surface area contributed by atoms with Crippen molar-refractivity contribution in [1.82, 2.24) is 0 Å². The number of hydrogen-bond donors (Lipinski definition) is 0. The van der Waals surface area contributed by atoms with E-state index in [0.29, 0.717) is 25.0 Å². The standard InChI is InChI=1S/C21H22N4O11/c1-5-11(3)15-7-13(22(27)28)9-17(24(31)32)19(15)35-21(26)36-20-16(12(4)6-2)8-14(23(29)30)10-18(20)25(33)34/h7-12H,5-6H2,1-4H3. The molecule has 2 aromatic rings. The van der Waals surface area contributed by atoms with Crippen molar-refractivity contribution >= 4 is 28.9 Å². The van der Waals surface area contributed by atoms with Crippen LogP contribution in [0.25, 0.3) is 0 Å². The predicted octanol–water partition coefficient (Wildman–Crippen LogP) is 5.92. The number of nitro benzene ring substituents is 4. The minimum Gasteiger partial charge on any atom is -0.387 e. The Morgan fingerprint density at radius 1 is 0.694 bits per heavy atom. The van der Waals surface area contributed by atoms with Gasteiger partial charge in [0.25, 0.3) is 11.4 Å². The van der Waals surface area contributed by atoms with Gasteiger partial charge in [0, 0.05) is 23.3 Å². The molecular weight excluding hydrogens is 484 g/mol. The molecule has 0 amide bonds. The van der Waals surface area contributed by atoms with Crippen LogP contribution in [0.2, 0.25) is 0 Å². The molecule has 36 heavy (non-hydrogen) atoms. The Kier molecular flexibility index (Phi) is 8.54. The molecule has 0 spiro atoms. The molecule has 0 saturated carbocycles. The second-order valence-corrected chi connectivity index (χ2v) is 7.87. The van der Waals surface area contributed by atoms with E-state index >= 15 is 0 Å². The van der Waals surface area contributed by atoms with Gasteiger partial charge >= 0.3 is 17.5 Å². The summed E-state index contributed by atoms with van der Waals surface area (Å²) in [4.78, 5) is 54.9. The highest BCUT2D eigenvalue weighted by atomic mass is 16.7. The molecule has 0 aromatic heterocycles. The zero-order chi connectivity index (χ0) is 27.3. The summed E-state index contributed by atoms with van der Waals surface area (Å²) in [7, 11) is 0. The molecule has 15 nitrogen and oxygen atoms in total. The molecule has 0 radical (unpaired) electrons. The molecule has 0 aliphatic carbocycles. The van der Waals surface area contributed by atoms with Crippen molar-refractivity contribution in [3.05, 3.63) is 75.8 Å². The van der Waals surface area contributed by atoms with Crippen LogP contribution in [0, 0.1) is 40.5 Å². The second-order valence-electron chi connectivity index (χ2n) is 7.87. The van der Waals surface area contributed by atoms with Crippen molar-refractivity contribution < 1.29 is 34.0 Å². The Morgan fingerprint density at radius 2 is 1.03 bits per heavy atom. The predicted molar refractivity (Wildman–Crippen MR) is 124 cm³/mol. The molecule has 2 aromatic carbocycles. The number of nitrogens with zero attached hydrogens (tertiary/aromatic N) is 4. The third-order valence-electron chi connectivity index (χ3n) is 5.64. The molecule has 0 N–H and O–H groups in total. The Morgan fingerprint density at radius 3 is 1.28 bits per heavy atom. The largest absolute Gasteiger partial charge is 0.519 e. The van der Waals surface area contributed by atoms with Crippen molar-refractivity contribution in [2.24, 2.45) is 0 Å². The van der Waals surface area contributed by atoms with Crippen molar-refractivity contribution in [3.8, 4) is 11.5 Å². The van der Waals surface area contributed by atoms with Gasteiger partial charge in [-0.15, -0.1) is 0 Å². The van der Waals surface area contributed by atoms with Crippen molar-refractivity contribution in [3.63, 3.8) is 0 Å². The van der Waals surface area contributed by atoms with Crippen LogP contribution in [-0.4, -0.2) is 25.8 Å². The first-order valence-corrected chi connectivity index (χ1v) is 10.6. The average Bonchev–Trinajstić information content (AvgIpc) is 2.82. The van der Waals surface area contributed by atoms with Gasteiger partial charge in [0.2, 0.25) is 11.5 Å². The Bertz CT molecular complexity index is 1150. The fourth-order valence-corrected chi connectivity index (χ4v) is 3.30. The van der Waals surface area contributed by atoms with E-state index in [1.807, 2.05) is 0 Å². The highest BCUT2D eigenvalue weighted by Gasteiger charge is 2.33. The van der Waals surface area contributed by atoms with E-state index in [9.17, 15) is 45.3 Å². The van der Waals surface area contributed by atoms with Crippen LogP contribution in [0.15, 0.2) is 24.3 Å². The van der Waals surface area contributed by atoms with Crippen LogP contribution >= 0.6 is 0 Å². The van der Waals surface area contributed by atoms with Crippen LogP contribution in [-0.2, 0) is 0 Å². The first-order chi connectivity index (χ1) is 16.8. The van der Waals surface area contributed by atoms with Gasteiger partial charge in [-0.05, 0) is 24.7 Å². The third kappa shape index (κ3) is 5.86. The van der Waals surface area contributed by atoms with Crippen molar-refractivity contribution in [2.45, 2.75) is 52.4 Å². The molecule has 0 aliphatic heterocycles. The molecule has 2 unspecified atom stereocenters. The minimum atomic E-state index is -1.60. The van der Waals surface area contributed by atoms with E-state index in [4.69, 9.17) is 9.47 Å². The summed E-state index contributed by atoms with van der Waals surface area (Å²) in [5.41, 5.74) is -2.98. The first kappa shape index (κ1) is 27.6. The maximum Gasteiger partial charge on any atom is 0.519 e. The molecular formula is C21H22N4O11. The summed E-state index contributed by atoms with van der Waals surface area (Å²) in [5, 5.41) is 45.8. The summed E-state index contributed by atoms with van der Waals surface area (Å²) in [6.45, 7) is 6.61. The van der Waals surface area contributed by atoms with Crippen LogP contribution in [0.5, 0.6) is 11.5 Å². The molecule has 2 atom stereocenters.